The van der Waals surface area contributed by atoms with Crippen LogP contribution in [0.1, 0.15) is 24.8 Å². The monoisotopic (exact) mass is 491 g/mol. The van der Waals surface area contributed by atoms with Gasteiger partial charge in [-0.1, -0.05) is 11.6 Å². The standard InChI is InChI=1S/C22H20ClF2N5O2S/c23-14-8-13-4-7-27-19(18(13)28-10-14)29-15-2-3-17(25)16(9-15)21(11-24)12-33(31,32)22(5-1-6-22)20(26)30-21/h2-4,7-10H,1,5-6,11-12H2,(H2,26,30)(H,27,29)/t21-/m1/s1. The van der Waals surface area contributed by atoms with Crippen molar-refractivity contribution < 1.29 is 17.2 Å². The quantitative estimate of drug-likeness (QED) is 0.570. The van der Waals surface area contributed by atoms with Gasteiger partial charge < -0.3 is 11.1 Å². The van der Waals surface area contributed by atoms with E-state index in [0.717, 1.165) is 11.5 Å². The first-order chi connectivity index (χ1) is 15.7. The summed E-state index contributed by atoms with van der Waals surface area (Å²) < 4.78 is 54.4. The molecular weight excluding hydrogens is 472 g/mol. The number of hydrogen-bond acceptors (Lipinski definition) is 7. The third-order valence-electron chi connectivity index (χ3n) is 6.50. The third kappa shape index (κ3) is 3.34. The van der Waals surface area contributed by atoms with Crippen LogP contribution in [-0.2, 0) is 15.4 Å². The molecule has 7 nitrogen and oxygen atoms in total. The molecule has 1 aliphatic carbocycles. The fourth-order valence-electron chi connectivity index (χ4n) is 4.54. The van der Waals surface area contributed by atoms with E-state index in [4.69, 9.17) is 17.3 Å². The van der Waals surface area contributed by atoms with Gasteiger partial charge in [0.1, 0.15) is 34.1 Å². The molecule has 0 saturated heterocycles. The number of nitrogens with two attached hydrogens (primary N) is 1. The van der Waals surface area contributed by atoms with Gasteiger partial charge in [0.2, 0.25) is 0 Å². The summed E-state index contributed by atoms with van der Waals surface area (Å²) in [5.41, 5.74) is 4.82. The number of alkyl halides is 1. The zero-order valence-electron chi connectivity index (χ0n) is 17.4. The van der Waals surface area contributed by atoms with Crippen molar-refractivity contribution in [1.29, 1.82) is 0 Å². The van der Waals surface area contributed by atoms with Crippen LogP contribution in [0.2, 0.25) is 5.02 Å². The number of aliphatic imine (C=N–C) groups is 1. The van der Waals surface area contributed by atoms with E-state index >= 15 is 0 Å². The van der Waals surface area contributed by atoms with Gasteiger partial charge in [-0.15, -0.1) is 0 Å². The number of pyridine rings is 2. The lowest BCUT2D eigenvalue weighted by atomic mass is 9.82. The SMILES string of the molecule is NC1=N[C@@](CF)(c2cc(Nc3nccc4cc(Cl)cnc34)ccc2F)CS(=O)(=O)C12CCC2. The zero-order chi connectivity index (χ0) is 23.4. The topological polar surface area (TPSA) is 110 Å². The summed E-state index contributed by atoms with van der Waals surface area (Å²) in [5.74, 6) is -1.19. The molecule has 1 fully saturated rings. The minimum atomic E-state index is -3.84. The highest BCUT2D eigenvalue weighted by Crippen LogP contribution is 2.47. The Bertz CT molecular complexity index is 1410. The molecule has 1 aromatic carbocycles. The van der Waals surface area contributed by atoms with Gasteiger partial charge in [0.15, 0.2) is 15.7 Å². The number of halogens is 3. The molecule has 3 N–H and O–H groups in total. The molecule has 0 radical (unpaired) electrons. The number of sulfone groups is 1. The van der Waals surface area contributed by atoms with Crippen molar-refractivity contribution in [3.63, 3.8) is 0 Å². The Hall–Kier alpha value is -2.85. The molecule has 0 bridgehead atoms. The van der Waals surface area contributed by atoms with Crippen molar-refractivity contribution in [2.75, 3.05) is 17.7 Å². The van der Waals surface area contributed by atoms with Crippen LogP contribution in [0, 0.1) is 5.82 Å². The molecule has 33 heavy (non-hydrogen) atoms. The Morgan fingerprint density at radius 3 is 2.64 bits per heavy atom. The normalized spacial score (nSPS) is 23.2. The highest BCUT2D eigenvalue weighted by molar-refractivity contribution is 7.93. The minimum Gasteiger partial charge on any atom is -0.386 e. The van der Waals surface area contributed by atoms with E-state index in [2.05, 4.69) is 20.3 Å². The summed E-state index contributed by atoms with van der Waals surface area (Å²) in [4.78, 5) is 12.8. The van der Waals surface area contributed by atoms with Gasteiger partial charge in [0.25, 0.3) is 0 Å². The first kappa shape index (κ1) is 22.0. The zero-order valence-corrected chi connectivity index (χ0v) is 18.9. The van der Waals surface area contributed by atoms with E-state index in [1.54, 1.807) is 18.3 Å². The Balaban J connectivity index is 1.58. The van der Waals surface area contributed by atoms with E-state index in [9.17, 15) is 17.2 Å². The summed E-state index contributed by atoms with van der Waals surface area (Å²) in [6.45, 7) is -1.21. The maximum Gasteiger partial charge on any atom is 0.166 e. The van der Waals surface area contributed by atoms with E-state index in [0.29, 0.717) is 41.3 Å². The predicted molar refractivity (Wildman–Crippen MR) is 124 cm³/mol. The average molecular weight is 492 g/mol. The minimum absolute atomic E-state index is 0.146. The van der Waals surface area contributed by atoms with Crippen LogP contribution in [0.5, 0.6) is 0 Å². The second kappa shape index (κ2) is 7.59. The smallest absolute Gasteiger partial charge is 0.166 e. The van der Waals surface area contributed by atoms with Gasteiger partial charge in [0.05, 0.1) is 10.8 Å². The largest absolute Gasteiger partial charge is 0.386 e. The third-order valence-corrected chi connectivity index (χ3v) is 9.38. The second-order valence-corrected chi connectivity index (χ2v) is 11.2. The van der Waals surface area contributed by atoms with Gasteiger partial charge in [-0.3, -0.25) is 9.98 Å². The molecule has 2 aromatic heterocycles. The first-order valence-corrected chi connectivity index (χ1v) is 12.3. The van der Waals surface area contributed by atoms with Gasteiger partial charge in [-0.25, -0.2) is 22.2 Å². The van der Waals surface area contributed by atoms with Crippen LogP contribution in [0.15, 0.2) is 47.7 Å². The van der Waals surface area contributed by atoms with Gasteiger partial charge in [-0.05, 0) is 49.6 Å². The lowest BCUT2D eigenvalue weighted by Crippen LogP contribution is -2.62. The molecule has 5 rings (SSSR count). The molecule has 1 spiro atoms. The van der Waals surface area contributed by atoms with Crippen LogP contribution >= 0.6 is 11.6 Å². The van der Waals surface area contributed by atoms with E-state index < -0.39 is 38.4 Å². The number of hydrogen-bond donors (Lipinski definition) is 2. The summed E-state index contributed by atoms with van der Waals surface area (Å²) in [6, 6.07) is 7.39. The predicted octanol–water partition coefficient (Wildman–Crippen LogP) is 4.04. The molecule has 1 aliphatic heterocycles. The van der Waals surface area contributed by atoms with Crippen molar-refractivity contribution in [3.05, 3.63) is 59.1 Å². The fourth-order valence-corrected chi connectivity index (χ4v) is 7.18. The molecule has 0 amide bonds. The number of aromatic nitrogens is 2. The van der Waals surface area contributed by atoms with Crippen LogP contribution < -0.4 is 11.1 Å². The molecule has 3 aromatic rings. The van der Waals surface area contributed by atoms with Crippen LogP contribution in [-0.4, -0.2) is 41.4 Å². The van der Waals surface area contributed by atoms with E-state index in [1.165, 1.54) is 18.3 Å². The summed E-state index contributed by atoms with van der Waals surface area (Å²) in [6.07, 6.45) is 4.43. The number of amidine groups is 1. The maximum absolute atomic E-state index is 14.9. The van der Waals surface area contributed by atoms with Gasteiger partial charge >= 0.3 is 0 Å². The van der Waals surface area contributed by atoms with Gasteiger partial charge in [-0.2, -0.15) is 0 Å². The highest BCUT2D eigenvalue weighted by atomic mass is 35.5. The van der Waals surface area contributed by atoms with Crippen molar-refractivity contribution in [2.24, 2.45) is 10.7 Å². The van der Waals surface area contributed by atoms with Crippen molar-refractivity contribution in [1.82, 2.24) is 9.97 Å². The van der Waals surface area contributed by atoms with Crippen molar-refractivity contribution in [2.45, 2.75) is 29.5 Å². The summed E-state index contributed by atoms with van der Waals surface area (Å²) in [5, 5.41) is 4.25. The molecule has 1 atom stereocenters. The van der Waals surface area contributed by atoms with E-state index in [1.807, 2.05) is 0 Å². The second-order valence-electron chi connectivity index (χ2n) is 8.47. The Labute approximate surface area is 194 Å². The number of rotatable bonds is 4. The average Bonchev–Trinajstić information content (AvgIpc) is 2.72. The van der Waals surface area contributed by atoms with Crippen molar-refractivity contribution in [3.8, 4) is 0 Å². The van der Waals surface area contributed by atoms with Crippen LogP contribution in [0.4, 0.5) is 20.3 Å². The molecular formula is C22H20ClF2N5O2S. The molecule has 11 heteroatoms. The Morgan fingerprint density at radius 1 is 1.18 bits per heavy atom. The molecule has 172 valence electrons. The van der Waals surface area contributed by atoms with Crippen molar-refractivity contribution >= 4 is 49.7 Å². The number of nitrogens with one attached hydrogen (secondary N) is 1. The lowest BCUT2D eigenvalue weighted by Gasteiger charge is -2.46. The number of anilines is 2. The number of fused-ring (bicyclic) bond motifs is 1. The molecule has 2 aliphatic rings. The van der Waals surface area contributed by atoms with Gasteiger partial charge in [0, 0.05) is 29.0 Å². The first-order valence-electron chi connectivity index (χ1n) is 10.3. The molecule has 3 heterocycles. The van der Waals surface area contributed by atoms with Crippen LogP contribution in [0.3, 0.4) is 0 Å². The fraction of sp³-hybridized carbons (Fsp3) is 0.318. The highest BCUT2D eigenvalue weighted by Gasteiger charge is 2.59. The lowest BCUT2D eigenvalue weighted by molar-refractivity contribution is 0.311. The molecule has 0 unspecified atom stereocenters. The number of benzene rings is 1. The summed E-state index contributed by atoms with van der Waals surface area (Å²) >= 11 is 6.00. The summed E-state index contributed by atoms with van der Waals surface area (Å²) in [7, 11) is -3.84. The maximum atomic E-state index is 14.9. The van der Waals surface area contributed by atoms with Crippen LogP contribution in [0.25, 0.3) is 10.9 Å². The number of nitrogens with zero attached hydrogens (tertiary/aromatic N) is 3. The van der Waals surface area contributed by atoms with E-state index in [-0.39, 0.29) is 11.4 Å². The Morgan fingerprint density at radius 2 is 1.97 bits per heavy atom. The Kier molecular flexibility index (Phi) is 5.06. The molecule has 1 saturated carbocycles.